The van der Waals surface area contributed by atoms with Gasteiger partial charge in [0.1, 0.15) is 0 Å². The fraction of sp³-hybridized carbons (Fsp3) is 0.333. The second-order valence-electron chi connectivity index (χ2n) is 8.01. The van der Waals surface area contributed by atoms with Crippen molar-refractivity contribution in [2.24, 2.45) is 0 Å². The molecule has 0 saturated carbocycles. The first-order valence-electron chi connectivity index (χ1n) is 9.42. The third kappa shape index (κ3) is 4.11. The quantitative estimate of drug-likeness (QED) is 0.228. The molecule has 0 heterocycles. The molecule has 0 fully saturated rings. The Morgan fingerprint density at radius 2 is 1.00 bits per heavy atom. The molecule has 130 valence electrons. The van der Waals surface area contributed by atoms with Gasteiger partial charge in [-0.1, -0.05) is 74.0 Å². The Balaban J connectivity index is 0.000000176. The molecule has 0 radical (unpaired) electrons. The summed E-state index contributed by atoms with van der Waals surface area (Å²) in [6.07, 6.45) is 4.09. The molecule has 0 aromatic heterocycles. The Bertz CT molecular complexity index is 817. The minimum Gasteiger partial charge on any atom is -0.331 e. The number of nitrogens with zero attached hydrogens (tertiary/aromatic N) is 1. The molecule has 0 aliphatic carbocycles. The van der Waals surface area contributed by atoms with Gasteiger partial charge in [-0.25, -0.2) is 0 Å². The lowest BCUT2D eigenvalue weighted by molar-refractivity contribution is -0.870. The van der Waals surface area contributed by atoms with Gasteiger partial charge in [0.15, 0.2) is 0 Å². The molecular weight excluding hydrogens is 302 g/mol. The van der Waals surface area contributed by atoms with Crippen molar-refractivity contribution in [3.8, 4) is 0 Å². The summed E-state index contributed by atoms with van der Waals surface area (Å²) in [5.74, 6) is 0. The van der Waals surface area contributed by atoms with E-state index in [1.165, 1.54) is 58.1 Å². The normalized spacial score (nSPS) is 11.8. The van der Waals surface area contributed by atoms with Crippen molar-refractivity contribution in [1.82, 2.24) is 0 Å². The molecule has 4 aromatic carbocycles. The monoisotopic (exact) mass is 332 g/mol. The van der Waals surface area contributed by atoms with E-state index < -0.39 is 0 Å². The first kappa shape index (κ1) is 17.7. The van der Waals surface area contributed by atoms with Crippen LogP contribution in [-0.2, 0) is 0 Å². The molecular formula is C24H30N+. The molecule has 1 heteroatoms. The van der Waals surface area contributed by atoms with E-state index in [4.69, 9.17) is 0 Å². The van der Waals surface area contributed by atoms with Gasteiger partial charge in [0.25, 0.3) is 0 Å². The summed E-state index contributed by atoms with van der Waals surface area (Å²) in [7, 11) is 6.74. The maximum Gasteiger partial charge on any atom is 0.0780 e. The van der Waals surface area contributed by atoms with Crippen LogP contribution >= 0.6 is 0 Å². The van der Waals surface area contributed by atoms with Gasteiger partial charge in [0.2, 0.25) is 0 Å². The van der Waals surface area contributed by atoms with Crippen molar-refractivity contribution in [2.75, 3.05) is 27.7 Å². The Kier molecular flexibility index (Phi) is 5.24. The van der Waals surface area contributed by atoms with Crippen LogP contribution in [0.15, 0.2) is 60.7 Å². The lowest BCUT2D eigenvalue weighted by Gasteiger charge is -2.23. The smallest absolute Gasteiger partial charge is 0.0780 e. The highest BCUT2D eigenvalue weighted by molar-refractivity contribution is 6.22. The van der Waals surface area contributed by atoms with Gasteiger partial charge < -0.3 is 4.48 Å². The van der Waals surface area contributed by atoms with Gasteiger partial charge in [-0.2, -0.15) is 0 Å². The maximum absolute atomic E-state index is 2.25. The van der Waals surface area contributed by atoms with Crippen LogP contribution in [-0.4, -0.2) is 32.2 Å². The van der Waals surface area contributed by atoms with Crippen LogP contribution in [0.4, 0.5) is 0 Å². The first-order valence-corrected chi connectivity index (χ1v) is 9.42. The van der Waals surface area contributed by atoms with Crippen molar-refractivity contribution in [3.05, 3.63) is 60.7 Å². The molecule has 0 aliphatic heterocycles. The second-order valence-corrected chi connectivity index (χ2v) is 8.01. The molecule has 25 heavy (non-hydrogen) atoms. The summed E-state index contributed by atoms with van der Waals surface area (Å²) < 4.78 is 1.11. The van der Waals surface area contributed by atoms with Gasteiger partial charge in [-0.3, -0.25) is 0 Å². The minimum absolute atomic E-state index is 1.11. The highest BCUT2D eigenvalue weighted by atomic mass is 15.3. The number of rotatable bonds is 4. The molecule has 0 aliphatic rings. The number of quaternary nitrogens is 1. The van der Waals surface area contributed by atoms with Crippen LogP contribution in [0.25, 0.3) is 32.3 Å². The van der Waals surface area contributed by atoms with Gasteiger partial charge in [0.05, 0.1) is 27.7 Å². The summed E-state index contributed by atoms with van der Waals surface area (Å²) in [6.45, 7) is 3.56. The average molecular weight is 333 g/mol. The predicted molar refractivity (Wildman–Crippen MR) is 113 cm³/mol. The van der Waals surface area contributed by atoms with Gasteiger partial charge in [-0.05, 0) is 45.2 Å². The Labute approximate surface area is 151 Å². The van der Waals surface area contributed by atoms with Gasteiger partial charge in [-0.15, -0.1) is 0 Å². The van der Waals surface area contributed by atoms with E-state index in [9.17, 15) is 0 Å². The summed E-state index contributed by atoms with van der Waals surface area (Å²) in [5.41, 5.74) is 0. The zero-order valence-corrected chi connectivity index (χ0v) is 16.0. The molecule has 4 rings (SSSR count). The fourth-order valence-corrected chi connectivity index (χ4v) is 3.51. The Morgan fingerprint density at radius 3 is 1.32 bits per heavy atom. The van der Waals surface area contributed by atoms with E-state index in [1.807, 2.05) is 0 Å². The number of hydrogen-bond acceptors (Lipinski definition) is 0. The largest absolute Gasteiger partial charge is 0.331 e. The highest BCUT2D eigenvalue weighted by Gasteiger charge is 2.06. The number of benzene rings is 4. The molecule has 0 spiro atoms. The maximum atomic E-state index is 2.25. The van der Waals surface area contributed by atoms with Crippen molar-refractivity contribution >= 4 is 32.3 Å². The molecule has 0 amide bonds. The lowest BCUT2D eigenvalue weighted by atomic mass is 9.95. The summed E-state index contributed by atoms with van der Waals surface area (Å²) in [4.78, 5) is 0. The molecule has 4 aromatic rings. The van der Waals surface area contributed by atoms with E-state index >= 15 is 0 Å². The molecule has 1 nitrogen and oxygen atoms in total. The van der Waals surface area contributed by atoms with E-state index in [0.717, 1.165) is 4.48 Å². The number of hydrogen-bond donors (Lipinski definition) is 0. The Hall–Kier alpha value is -2.12. The Morgan fingerprint density at radius 1 is 0.600 bits per heavy atom. The SMILES string of the molecule is CCCCC[N+](C)(C)C.c1cc2ccc3cccc4ccc(c1)c2c34. The average Bonchev–Trinajstić information content (AvgIpc) is 2.60. The van der Waals surface area contributed by atoms with Gasteiger partial charge >= 0.3 is 0 Å². The molecule has 0 saturated heterocycles. The third-order valence-corrected chi connectivity index (χ3v) is 4.83. The standard InChI is InChI=1S/C16H10.C8H20N/c1-3-11-7-9-13-5-2-6-14-10-8-12(4-1)15(11)16(13)14;1-5-6-7-8-9(2,3)4/h1-10H;5-8H2,1-4H3/q;+1. The number of unbranched alkanes of at least 4 members (excludes halogenated alkanes) is 2. The molecule has 0 unspecified atom stereocenters. The zero-order chi connectivity index (χ0) is 17.9. The lowest BCUT2D eigenvalue weighted by Crippen LogP contribution is -2.35. The molecule has 0 atom stereocenters. The second kappa shape index (κ2) is 7.41. The van der Waals surface area contributed by atoms with E-state index in [1.54, 1.807) is 0 Å². The van der Waals surface area contributed by atoms with Crippen LogP contribution < -0.4 is 0 Å². The molecule has 0 bridgehead atoms. The van der Waals surface area contributed by atoms with Crippen molar-refractivity contribution in [2.45, 2.75) is 26.2 Å². The van der Waals surface area contributed by atoms with Crippen LogP contribution in [0.5, 0.6) is 0 Å². The topological polar surface area (TPSA) is 0 Å². The highest BCUT2D eigenvalue weighted by Crippen LogP contribution is 2.33. The van der Waals surface area contributed by atoms with E-state index in [2.05, 4.69) is 88.7 Å². The van der Waals surface area contributed by atoms with E-state index in [-0.39, 0.29) is 0 Å². The summed E-state index contributed by atoms with van der Waals surface area (Å²) >= 11 is 0. The molecule has 0 N–H and O–H groups in total. The summed E-state index contributed by atoms with van der Waals surface area (Å²) in [5, 5.41) is 8.14. The van der Waals surface area contributed by atoms with Crippen LogP contribution in [0.3, 0.4) is 0 Å². The van der Waals surface area contributed by atoms with Crippen LogP contribution in [0.1, 0.15) is 26.2 Å². The summed E-state index contributed by atoms with van der Waals surface area (Å²) in [6, 6.07) is 21.9. The van der Waals surface area contributed by atoms with Gasteiger partial charge in [0, 0.05) is 0 Å². The fourth-order valence-electron chi connectivity index (χ4n) is 3.51. The van der Waals surface area contributed by atoms with Crippen molar-refractivity contribution < 1.29 is 4.48 Å². The van der Waals surface area contributed by atoms with Crippen LogP contribution in [0, 0.1) is 0 Å². The predicted octanol–water partition coefficient (Wildman–Crippen LogP) is 6.47. The van der Waals surface area contributed by atoms with Crippen molar-refractivity contribution in [1.29, 1.82) is 0 Å². The third-order valence-electron chi connectivity index (χ3n) is 4.83. The minimum atomic E-state index is 1.11. The van der Waals surface area contributed by atoms with E-state index in [0.29, 0.717) is 0 Å². The van der Waals surface area contributed by atoms with Crippen molar-refractivity contribution in [3.63, 3.8) is 0 Å². The zero-order valence-electron chi connectivity index (χ0n) is 16.0. The van der Waals surface area contributed by atoms with Crippen LogP contribution in [0.2, 0.25) is 0 Å². The first-order chi connectivity index (χ1) is 12.0.